The molecule has 0 aliphatic heterocycles. The number of anilines is 1. The zero-order chi connectivity index (χ0) is 15.6. The summed E-state index contributed by atoms with van der Waals surface area (Å²) in [6.45, 7) is 9.12. The lowest BCUT2D eigenvalue weighted by Gasteiger charge is -2.26. The van der Waals surface area contributed by atoms with E-state index in [-0.39, 0.29) is 0 Å². The second kappa shape index (κ2) is 6.34. The number of nitrogens with zero attached hydrogens (tertiary/aromatic N) is 1. The van der Waals surface area contributed by atoms with Gasteiger partial charge in [-0.3, -0.25) is 0 Å². The third kappa shape index (κ3) is 3.29. The molecule has 0 aliphatic carbocycles. The first-order valence-corrected chi connectivity index (χ1v) is 7.82. The molecule has 2 aromatic carbocycles. The molecule has 0 radical (unpaired) electrons. The van der Waals surface area contributed by atoms with E-state index in [0.717, 1.165) is 0 Å². The van der Waals surface area contributed by atoms with Gasteiger partial charge in [0.15, 0.2) is 0 Å². The molecule has 0 bridgehead atoms. The van der Waals surface area contributed by atoms with Crippen LogP contribution >= 0.6 is 0 Å². The average Bonchev–Trinajstić information content (AvgIpc) is 2.46. The topological polar surface area (TPSA) is 3.24 Å². The molecule has 0 aromatic heterocycles. The Morgan fingerprint density at radius 3 is 1.57 bits per heavy atom. The summed E-state index contributed by atoms with van der Waals surface area (Å²) in [5, 5.41) is 0. The Hall–Kier alpha value is -1.76. The van der Waals surface area contributed by atoms with Crippen LogP contribution in [0, 0.1) is 0 Å². The van der Waals surface area contributed by atoms with E-state index in [9.17, 15) is 0 Å². The fourth-order valence-electron chi connectivity index (χ4n) is 2.87. The van der Waals surface area contributed by atoms with E-state index in [1.165, 1.54) is 27.9 Å². The van der Waals surface area contributed by atoms with Crippen LogP contribution in [0.25, 0.3) is 11.1 Å². The lowest BCUT2D eigenvalue weighted by Crippen LogP contribution is -2.15. The smallest absolute Gasteiger partial charge is 0.0431 e. The largest absolute Gasteiger partial charge is 0.377 e. The van der Waals surface area contributed by atoms with E-state index in [1.54, 1.807) is 0 Å². The van der Waals surface area contributed by atoms with Crippen molar-refractivity contribution in [3.63, 3.8) is 0 Å². The van der Waals surface area contributed by atoms with Gasteiger partial charge in [-0.1, -0.05) is 58.0 Å². The lowest BCUT2D eigenvalue weighted by molar-refractivity contribution is 0.823. The number of benzene rings is 2. The van der Waals surface area contributed by atoms with Crippen molar-refractivity contribution >= 4 is 5.69 Å². The van der Waals surface area contributed by atoms with Crippen LogP contribution in [0.1, 0.15) is 50.7 Å². The molecule has 0 amide bonds. The van der Waals surface area contributed by atoms with Crippen LogP contribution in [0.5, 0.6) is 0 Å². The highest BCUT2D eigenvalue weighted by molar-refractivity contribution is 5.73. The number of hydrogen-bond acceptors (Lipinski definition) is 1. The Labute approximate surface area is 129 Å². The van der Waals surface area contributed by atoms with Gasteiger partial charge < -0.3 is 4.90 Å². The SMILES string of the molecule is CC(C)c1cc(-c2ccccc2)cc(C(C)C)c1N(C)C. The zero-order valence-corrected chi connectivity index (χ0v) is 14.1. The normalized spacial score (nSPS) is 11.2. The number of hydrogen-bond donors (Lipinski definition) is 0. The molecule has 0 fully saturated rings. The summed E-state index contributed by atoms with van der Waals surface area (Å²) in [6, 6.07) is 15.4. The minimum Gasteiger partial charge on any atom is -0.377 e. The zero-order valence-electron chi connectivity index (χ0n) is 14.1. The van der Waals surface area contributed by atoms with E-state index < -0.39 is 0 Å². The highest BCUT2D eigenvalue weighted by Gasteiger charge is 2.17. The van der Waals surface area contributed by atoms with Crippen molar-refractivity contribution in [1.82, 2.24) is 0 Å². The summed E-state index contributed by atoms with van der Waals surface area (Å²) in [4.78, 5) is 2.26. The summed E-state index contributed by atoms with van der Waals surface area (Å²) in [5.74, 6) is 1.03. The van der Waals surface area contributed by atoms with Gasteiger partial charge in [0, 0.05) is 19.8 Å². The molecule has 0 heterocycles. The van der Waals surface area contributed by atoms with Crippen molar-refractivity contribution in [1.29, 1.82) is 0 Å². The van der Waals surface area contributed by atoms with E-state index in [4.69, 9.17) is 0 Å². The van der Waals surface area contributed by atoms with Crippen molar-refractivity contribution < 1.29 is 0 Å². The standard InChI is InChI=1S/C20H27N/c1-14(2)18-12-17(16-10-8-7-9-11-16)13-19(15(3)4)20(18)21(5)6/h7-15H,1-6H3. The Kier molecular flexibility index (Phi) is 4.72. The molecule has 0 spiro atoms. The molecule has 0 saturated carbocycles. The predicted octanol–water partition coefficient (Wildman–Crippen LogP) is 5.67. The maximum atomic E-state index is 2.36. The van der Waals surface area contributed by atoms with Gasteiger partial charge in [-0.05, 0) is 46.2 Å². The maximum Gasteiger partial charge on any atom is 0.0431 e. The van der Waals surface area contributed by atoms with Gasteiger partial charge in [-0.25, -0.2) is 0 Å². The van der Waals surface area contributed by atoms with Crippen molar-refractivity contribution in [3.8, 4) is 11.1 Å². The molecule has 1 heteroatoms. The first-order valence-electron chi connectivity index (χ1n) is 7.82. The first-order chi connectivity index (χ1) is 9.91. The monoisotopic (exact) mass is 281 g/mol. The van der Waals surface area contributed by atoms with Gasteiger partial charge in [-0.15, -0.1) is 0 Å². The van der Waals surface area contributed by atoms with Gasteiger partial charge in [0.05, 0.1) is 0 Å². The maximum absolute atomic E-state index is 2.36. The van der Waals surface area contributed by atoms with E-state index in [2.05, 4.69) is 89.2 Å². The van der Waals surface area contributed by atoms with Gasteiger partial charge >= 0.3 is 0 Å². The van der Waals surface area contributed by atoms with Gasteiger partial charge in [-0.2, -0.15) is 0 Å². The van der Waals surface area contributed by atoms with Crippen LogP contribution in [0.3, 0.4) is 0 Å². The number of rotatable bonds is 4. The second-order valence-corrected chi connectivity index (χ2v) is 6.57. The summed E-state index contributed by atoms with van der Waals surface area (Å²) in [5.41, 5.74) is 6.88. The molecule has 2 rings (SSSR count). The molecule has 0 unspecified atom stereocenters. The van der Waals surface area contributed by atoms with Gasteiger partial charge in [0.25, 0.3) is 0 Å². The van der Waals surface area contributed by atoms with E-state index >= 15 is 0 Å². The molecule has 1 nitrogen and oxygen atoms in total. The summed E-state index contributed by atoms with van der Waals surface area (Å²) in [6.07, 6.45) is 0. The summed E-state index contributed by atoms with van der Waals surface area (Å²) in [7, 11) is 4.30. The molecular weight excluding hydrogens is 254 g/mol. The Balaban J connectivity index is 2.71. The Bertz CT molecular complexity index is 565. The van der Waals surface area contributed by atoms with Crippen molar-refractivity contribution in [3.05, 3.63) is 53.6 Å². The van der Waals surface area contributed by atoms with Crippen LogP contribution in [0.4, 0.5) is 5.69 Å². The fraction of sp³-hybridized carbons (Fsp3) is 0.400. The summed E-state index contributed by atoms with van der Waals surface area (Å²) >= 11 is 0. The third-order valence-electron chi connectivity index (χ3n) is 3.97. The second-order valence-electron chi connectivity index (χ2n) is 6.57. The molecule has 112 valence electrons. The Morgan fingerprint density at radius 1 is 0.714 bits per heavy atom. The lowest BCUT2D eigenvalue weighted by atomic mass is 9.88. The van der Waals surface area contributed by atoms with Crippen molar-refractivity contribution in [2.45, 2.75) is 39.5 Å². The molecule has 0 saturated heterocycles. The van der Waals surface area contributed by atoms with Gasteiger partial charge in [0.2, 0.25) is 0 Å². The van der Waals surface area contributed by atoms with Crippen LogP contribution < -0.4 is 4.90 Å². The minimum atomic E-state index is 0.517. The molecule has 0 aliphatic rings. The summed E-state index contributed by atoms with van der Waals surface area (Å²) < 4.78 is 0. The molecule has 0 atom stereocenters. The van der Waals surface area contributed by atoms with Crippen LogP contribution in [0.2, 0.25) is 0 Å². The van der Waals surface area contributed by atoms with E-state index in [0.29, 0.717) is 11.8 Å². The fourth-order valence-corrected chi connectivity index (χ4v) is 2.87. The van der Waals surface area contributed by atoms with Crippen LogP contribution in [0.15, 0.2) is 42.5 Å². The highest BCUT2D eigenvalue weighted by atomic mass is 15.1. The van der Waals surface area contributed by atoms with Crippen LogP contribution in [-0.2, 0) is 0 Å². The minimum absolute atomic E-state index is 0.517. The molecule has 21 heavy (non-hydrogen) atoms. The molecule has 0 N–H and O–H groups in total. The predicted molar refractivity (Wildman–Crippen MR) is 94.4 cm³/mol. The first kappa shape index (κ1) is 15.6. The Morgan fingerprint density at radius 2 is 1.19 bits per heavy atom. The molecular formula is C20H27N. The van der Waals surface area contributed by atoms with Crippen LogP contribution in [-0.4, -0.2) is 14.1 Å². The third-order valence-corrected chi connectivity index (χ3v) is 3.97. The van der Waals surface area contributed by atoms with E-state index in [1.807, 2.05) is 0 Å². The highest BCUT2D eigenvalue weighted by Crippen LogP contribution is 2.38. The van der Waals surface area contributed by atoms with Crippen molar-refractivity contribution in [2.24, 2.45) is 0 Å². The van der Waals surface area contributed by atoms with Crippen molar-refractivity contribution in [2.75, 3.05) is 19.0 Å². The quantitative estimate of drug-likeness (QED) is 0.698. The molecule has 2 aromatic rings. The van der Waals surface area contributed by atoms with Gasteiger partial charge in [0.1, 0.15) is 0 Å². The average molecular weight is 281 g/mol.